The van der Waals surface area contributed by atoms with Crippen LogP contribution in [-0.2, 0) is 20.7 Å². The number of hydrogen-bond acceptors (Lipinski definition) is 4. The van der Waals surface area contributed by atoms with Crippen molar-refractivity contribution in [2.75, 3.05) is 18.6 Å². The fourth-order valence-corrected chi connectivity index (χ4v) is 3.67. The molecule has 1 atom stereocenters. The van der Waals surface area contributed by atoms with Gasteiger partial charge < -0.3 is 15.0 Å². The van der Waals surface area contributed by atoms with Gasteiger partial charge in [0.15, 0.2) is 0 Å². The number of halogens is 1. The summed E-state index contributed by atoms with van der Waals surface area (Å²) in [6, 6.07) is 13.5. The number of amides is 2. The number of para-hydroxylation sites is 1. The van der Waals surface area contributed by atoms with Crippen LogP contribution in [0, 0.1) is 0 Å². The second kappa shape index (κ2) is 7.60. The second-order valence-electron chi connectivity index (χ2n) is 6.77. The van der Waals surface area contributed by atoms with E-state index in [9.17, 15) is 14.4 Å². The van der Waals surface area contributed by atoms with Crippen molar-refractivity contribution in [3.8, 4) is 0 Å². The molecule has 0 fully saturated rings. The molecule has 1 aromatic heterocycles. The van der Waals surface area contributed by atoms with Crippen molar-refractivity contribution in [1.82, 2.24) is 10.3 Å². The molecular formula is C21H18ClN3O4. The largest absolute Gasteiger partial charge is 0.468 e. The molecule has 0 bridgehead atoms. The summed E-state index contributed by atoms with van der Waals surface area (Å²) in [6.45, 7) is -0.219. The lowest BCUT2D eigenvalue weighted by Crippen LogP contribution is -2.54. The van der Waals surface area contributed by atoms with Crippen molar-refractivity contribution in [3.63, 3.8) is 0 Å². The highest BCUT2D eigenvalue weighted by Gasteiger charge is 2.35. The Hall–Kier alpha value is -3.32. The van der Waals surface area contributed by atoms with Gasteiger partial charge in [0.2, 0.25) is 5.91 Å². The first kappa shape index (κ1) is 19.0. The van der Waals surface area contributed by atoms with Gasteiger partial charge in [-0.05, 0) is 35.9 Å². The molecule has 2 amide bonds. The number of anilines is 1. The SMILES string of the molecule is COC(=O)CN1C(=O)[C@H](NC(=O)c2cc3cc(Cl)ccc3[nH]2)Cc2ccccc21. The Morgan fingerprint density at radius 1 is 1.24 bits per heavy atom. The molecule has 2 aromatic carbocycles. The van der Waals surface area contributed by atoms with Crippen molar-refractivity contribution >= 4 is 46.0 Å². The fraction of sp³-hybridized carbons (Fsp3) is 0.190. The van der Waals surface area contributed by atoms with E-state index in [1.807, 2.05) is 12.1 Å². The van der Waals surface area contributed by atoms with Gasteiger partial charge in [-0.1, -0.05) is 29.8 Å². The van der Waals surface area contributed by atoms with E-state index in [1.54, 1.807) is 36.4 Å². The summed E-state index contributed by atoms with van der Waals surface area (Å²) in [6.07, 6.45) is 0.338. The lowest BCUT2D eigenvalue weighted by atomic mass is 9.97. The molecule has 0 spiro atoms. The predicted molar refractivity (Wildman–Crippen MR) is 109 cm³/mol. The molecule has 0 saturated heterocycles. The zero-order valence-corrected chi connectivity index (χ0v) is 16.3. The maximum atomic E-state index is 13.0. The van der Waals surface area contributed by atoms with E-state index in [0.717, 1.165) is 16.5 Å². The summed E-state index contributed by atoms with van der Waals surface area (Å²) in [4.78, 5) is 41.9. The van der Waals surface area contributed by atoms with Crippen LogP contribution < -0.4 is 10.2 Å². The van der Waals surface area contributed by atoms with E-state index in [4.69, 9.17) is 16.3 Å². The summed E-state index contributed by atoms with van der Waals surface area (Å²) in [5.41, 5.74) is 2.61. The zero-order valence-electron chi connectivity index (χ0n) is 15.6. The third kappa shape index (κ3) is 3.69. The molecule has 2 heterocycles. The second-order valence-corrected chi connectivity index (χ2v) is 7.21. The van der Waals surface area contributed by atoms with E-state index in [0.29, 0.717) is 22.8 Å². The summed E-state index contributed by atoms with van der Waals surface area (Å²) in [7, 11) is 1.27. The number of carbonyl (C=O) groups excluding carboxylic acids is 3. The van der Waals surface area contributed by atoms with Gasteiger partial charge in [0, 0.05) is 28.0 Å². The topological polar surface area (TPSA) is 91.5 Å². The number of nitrogens with one attached hydrogen (secondary N) is 2. The Bertz CT molecular complexity index is 1120. The smallest absolute Gasteiger partial charge is 0.325 e. The van der Waals surface area contributed by atoms with Crippen LogP contribution in [0.4, 0.5) is 5.69 Å². The van der Waals surface area contributed by atoms with Crippen molar-refractivity contribution in [2.24, 2.45) is 0 Å². The number of esters is 1. The van der Waals surface area contributed by atoms with Gasteiger partial charge in [0.05, 0.1) is 7.11 Å². The van der Waals surface area contributed by atoms with Gasteiger partial charge in [0.25, 0.3) is 5.91 Å². The summed E-state index contributed by atoms with van der Waals surface area (Å²) in [5.74, 6) is -1.30. The van der Waals surface area contributed by atoms with Crippen LogP contribution in [0.15, 0.2) is 48.5 Å². The molecule has 0 radical (unpaired) electrons. The molecule has 1 aliphatic rings. The number of H-pyrrole nitrogens is 1. The summed E-state index contributed by atoms with van der Waals surface area (Å²) >= 11 is 6.00. The number of methoxy groups -OCH3 is 1. The Kier molecular flexibility index (Phi) is 4.98. The number of aromatic amines is 1. The molecule has 29 heavy (non-hydrogen) atoms. The van der Waals surface area contributed by atoms with Gasteiger partial charge in [-0.3, -0.25) is 19.3 Å². The molecule has 148 valence electrons. The maximum absolute atomic E-state index is 13.0. The molecule has 3 aromatic rings. The molecule has 7 nitrogen and oxygen atoms in total. The average molecular weight is 412 g/mol. The number of nitrogens with zero attached hydrogens (tertiary/aromatic N) is 1. The van der Waals surface area contributed by atoms with Crippen molar-refractivity contribution in [2.45, 2.75) is 12.5 Å². The third-order valence-corrected chi connectivity index (χ3v) is 5.15. The third-order valence-electron chi connectivity index (χ3n) is 4.92. The highest BCUT2D eigenvalue weighted by atomic mass is 35.5. The van der Waals surface area contributed by atoms with Crippen LogP contribution in [0.25, 0.3) is 10.9 Å². The zero-order chi connectivity index (χ0) is 20.5. The average Bonchev–Trinajstić information content (AvgIpc) is 3.14. The number of ether oxygens (including phenoxy) is 1. The molecule has 1 aliphatic heterocycles. The highest BCUT2D eigenvalue weighted by Crippen LogP contribution is 2.28. The monoisotopic (exact) mass is 411 g/mol. The van der Waals surface area contributed by atoms with E-state index in [2.05, 4.69) is 10.3 Å². The Balaban J connectivity index is 1.59. The first-order valence-corrected chi connectivity index (χ1v) is 9.39. The maximum Gasteiger partial charge on any atom is 0.325 e. The number of aromatic nitrogens is 1. The van der Waals surface area contributed by atoms with E-state index in [-0.39, 0.29) is 12.5 Å². The first-order chi connectivity index (χ1) is 14.0. The number of carbonyl (C=O) groups is 3. The predicted octanol–water partition coefficient (Wildman–Crippen LogP) is 2.68. The number of rotatable bonds is 4. The standard InChI is InChI=1S/C21H18ClN3O4/c1-29-19(26)11-25-18-5-3-2-4-12(18)9-17(21(25)28)24-20(27)16-10-13-8-14(22)6-7-15(13)23-16/h2-8,10,17,23H,9,11H2,1H3,(H,24,27)/t17-/m1/s1. The molecular weight excluding hydrogens is 394 g/mol. The quantitative estimate of drug-likeness (QED) is 0.646. The van der Waals surface area contributed by atoms with Crippen molar-refractivity contribution in [1.29, 1.82) is 0 Å². The van der Waals surface area contributed by atoms with Crippen LogP contribution in [0.1, 0.15) is 16.1 Å². The molecule has 0 unspecified atom stereocenters. The number of benzene rings is 2. The molecule has 2 N–H and O–H groups in total. The Morgan fingerprint density at radius 2 is 2.03 bits per heavy atom. The van der Waals surface area contributed by atoms with Gasteiger partial charge in [-0.25, -0.2) is 0 Å². The van der Waals surface area contributed by atoms with E-state index in [1.165, 1.54) is 12.0 Å². The molecule has 0 aliphatic carbocycles. The van der Waals surface area contributed by atoms with Crippen LogP contribution in [0.3, 0.4) is 0 Å². The Labute approximate surface area is 171 Å². The lowest BCUT2D eigenvalue weighted by molar-refractivity contribution is -0.140. The first-order valence-electron chi connectivity index (χ1n) is 9.01. The van der Waals surface area contributed by atoms with Crippen molar-refractivity contribution in [3.05, 3.63) is 64.8 Å². The summed E-state index contributed by atoms with van der Waals surface area (Å²) < 4.78 is 4.71. The van der Waals surface area contributed by atoms with Crippen LogP contribution in [0.5, 0.6) is 0 Å². The van der Waals surface area contributed by atoms with Gasteiger partial charge in [-0.2, -0.15) is 0 Å². The fourth-order valence-electron chi connectivity index (χ4n) is 3.49. The molecule has 8 heteroatoms. The minimum Gasteiger partial charge on any atom is -0.468 e. The minimum atomic E-state index is -0.794. The molecule has 4 rings (SSSR count). The van der Waals surface area contributed by atoms with Crippen LogP contribution in [-0.4, -0.2) is 42.5 Å². The highest BCUT2D eigenvalue weighted by molar-refractivity contribution is 6.31. The normalized spacial score (nSPS) is 15.9. The minimum absolute atomic E-state index is 0.219. The number of hydrogen-bond donors (Lipinski definition) is 2. The Morgan fingerprint density at radius 3 is 2.83 bits per heavy atom. The van der Waals surface area contributed by atoms with Gasteiger partial charge in [-0.15, -0.1) is 0 Å². The van der Waals surface area contributed by atoms with Gasteiger partial charge >= 0.3 is 5.97 Å². The molecule has 0 saturated carbocycles. The van der Waals surface area contributed by atoms with E-state index < -0.39 is 17.9 Å². The number of fused-ring (bicyclic) bond motifs is 2. The van der Waals surface area contributed by atoms with Crippen LogP contribution in [0.2, 0.25) is 5.02 Å². The van der Waals surface area contributed by atoms with Crippen molar-refractivity contribution < 1.29 is 19.1 Å². The summed E-state index contributed by atoms with van der Waals surface area (Å²) in [5, 5.41) is 4.15. The van der Waals surface area contributed by atoms with Crippen LogP contribution >= 0.6 is 11.6 Å². The van der Waals surface area contributed by atoms with E-state index >= 15 is 0 Å². The van der Waals surface area contributed by atoms with Gasteiger partial charge in [0.1, 0.15) is 18.3 Å². The lowest BCUT2D eigenvalue weighted by Gasteiger charge is -2.33.